The minimum atomic E-state index is -0.603. The summed E-state index contributed by atoms with van der Waals surface area (Å²) in [6.07, 6.45) is 7.82. The average Bonchev–Trinajstić information content (AvgIpc) is 3.94. The minimum Gasteiger partial charge on any atom is -0.209 e. The highest BCUT2D eigenvalue weighted by atomic mass is 32.1. The molecule has 278 valence electrons. The summed E-state index contributed by atoms with van der Waals surface area (Å²) in [6, 6.07) is 43.8. The second-order valence-corrected chi connectivity index (χ2v) is 18.3. The maximum atomic E-state index is 5.26. The number of fused-ring (bicyclic) bond motifs is 11. The topological polar surface area (TPSA) is 77.3 Å². The highest BCUT2D eigenvalue weighted by Crippen LogP contribution is 2.63. The fraction of sp³-hybridized carbons (Fsp3) is 0.0800. The van der Waals surface area contributed by atoms with Crippen molar-refractivity contribution in [2.45, 2.75) is 11.8 Å². The zero-order chi connectivity index (χ0) is 38.7. The summed E-state index contributed by atoms with van der Waals surface area (Å²) in [7, 11) is 0. The largest absolute Gasteiger partial charge is 0.209 e. The van der Waals surface area contributed by atoms with Gasteiger partial charge in [0.1, 0.15) is 0 Å². The van der Waals surface area contributed by atoms with E-state index in [4.69, 9.17) is 29.9 Å². The van der Waals surface area contributed by atoms with Gasteiger partial charge < -0.3 is 0 Å². The molecule has 1 saturated carbocycles. The first-order valence-electron chi connectivity index (χ1n) is 19.7. The summed E-state index contributed by atoms with van der Waals surface area (Å²) < 4.78 is 0. The molecule has 9 heteroatoms. The van der Waals surface area contributed by atoms with Gasteiger partial charge >= 0.3 is 0 Å². The van der Waals surface area contributed by atoms with Crippen LogP contribution in [0.15, 0.2) is 156 Å². The van der Waals surface area contributed by atoms with Crippen LogP contribution in [0.2, 0.25) is 0 Å². The maximum Gasteiger partial charge on any atom is 0.174 e. The molecule has 2 atom stereocenters. The van der Waals surface area contributed by atoms with Crippen LogP contribution < -0.4 is 0 Å². The molecule has 0 N–H and O–H groups in total. The van der Waals surface area contributed by atoms with Crippen molar-refractivity contribution in [1.82, 2.24) is 29.9 Å². The molecule has 4 aliphatic carbocycles. The van der Waals surface area contributed by atoms with Crippen molar-refractivity contribution >= 4 is 39.6 Å². The van der Waals surface area contributed by atoms with E-state index in [2.05, 4.69) is 144 Å². The quantitative estimate of drug-likeness (QED) is 0.166. The molecular formula is C50H30N6S3. The second-order valence-electron chi connectivity index (χ2n) is 15.4. The summed E-state index contributed by atoms with van der Waals surface area (Å²) in [5.41, 5.74) is 12.4. The Labute approximate surface area is 352 Å². The number of nitrogens with zero attached hydrogens (tertiary/aromatic N) is 6. The molecule has 0 amide bonds. The van der Waals surface area contributed by atoms with Crippen molar-refractivity contribution in [2.24, 2.45) is 11.8 Å². The molecule has 1 spiro atoms. The lowest BCUT2D eigenvalue weighted by atomic mass is 9.70. The Bertz CT molecular complexity index is 3120. The number of aromatic nitrogens is 6. The Hall–Kier alpha value is -6.52. The first-order chi connectivity index (χ1) is 29.2. The summed E-state index contributed by atoms with van der Waals surface area (Å²) in [5.74, 6) is 5.25. The predicted octanol–water partition coefficient (Wildman–Crippen LogP) is 12.5. The Balaban J connectivity index is 1.04. The van der Waals surface area contributed by atoms with Gasteiger partial charge in [0.05, 0.1) is 20.0 Å². The molecule has 5 heterocycles. The van der Waals surface area contributed by atoms with Gasteiger partial charge in [0, 0.05) is 16.7 Å². The molecule has 0 aliphatic heterocycles. The number of hydrogen-bond donors (Lipinski definition) is 0. The molecule has 13 rings (SSSR count). The highest BCUT2D eigenvalue weighted by Gasteiger charge is 2.52. The van der Waals surface area contributed by atoms with Gasteiger partial charge in [-0.05, 0) is 109 Å². The van der Waals surface area contributed by atoms with Crippen molar-refractivity contribution < 1.29 is 0 Å². The number of benzene rings is 4. The molecule has 4 aliphatic rings. The van der Waals surface area contributed by atoms with Crippen LogP contribution in [0.25, 0.3) is 82.7 Å². The van der Waals surface area contributed by atoms with Crippen LogP contribution in [0.3, 0.4) is 0 Å². The van der Waals surface area contributed by atoms with Crippen LogP contribution in [0.1, 0.15) is 34.5 Å². The zero-order valence-electron chi connectivity index (χ0n) is 31.3. The van der Waals surface area contributed by atoms with Gasteiger partial charge in [-0.1, -0.05) is 109 Å². The van der Waals surface area contributed by atoms with Gasteiger partial charge in [-0.25, -0.2) is 29.9 Å². The van der Waals surface area contributed by atoms with Crippen molar-refractivity contribution in [3.05, 3.63) is 184 Å². The van der Waals surface area contributed by atoms with Gasteiger partial charge in [-0.15, -0.1) is 34.0 Å². The third kappa shape index (κ3) is 5.02. The Kier molecular flexibility index (Phi) is 7.22. The summed E-state index contributed by atoms with van der Waals surface area (Å²) >= 11 is 4.94. The highest BCUT2D eigenvalue weighted by molar-refractivity contribution is 7.14. The normalized spacial score (nSPS) is 17.3. The lowest BCUT2D eigenvalue weighted by Crippen LogP contribution is -2.26. The van der Waals surface area contributed by atoms with Crippen molar-refractivity contribution in [2.75, 3.05) is 0 Å². The lowest BCUT2D eigenvalue weighted by Gasteiger charge is -2.31. The van der Waals surface area contributed by atoms with Gasteiger partial charge in [0.25, 0.3) is 0 Å². The molecule has 6 nitrogen and oxygen atoms in total. The van der Waals surface area contributed by atoms with Crippen LogP contribution in [0.5, 0.6) is 0 Å². The van der Waals surface area contributed by atoms with Crippen LogP contribution in [-0.4, -0.2) is 29.9 Å². The predicted molar refractivity (Wildman–Crippen MR) is 239 cm³/mol. The smallest absolute Gasteiger partial charge is 0.174 e. The van der Waals surface area contributed by atoms with Crippen LogP contribution in [0.4, 0.5) is 0 Å². The summed E-state index contributed by atoms with van der Waals surface area (Å²) in [5, 5.41) is 6.22. The number of hydrogen-bond acceptors (Lipinski definition) is 9. The van der Waals surface area contributed by atoms with E-state index >= 15 is 0 Å². The van der Waals surface area contributed by atoms with Gasteiger partial charge in [0.15, 0.2) is 34.9 Å². The van der Waals surface area contributed by atoms with Crippen molar-refractivity contribution in [3.8, 4) is 77.1 Å². The first-order valence-corrected chi connectivity index (χ1v) is 22.4. The second kappa shape index (κ2) is 12.7. The van der Waals surface area contributed by atoms with E-state index in [0.717, 1.165) is 38.0 Å². The van der Waals surface area contributed by atoms with Gasteiger partial charge in [-0.3, -0.25) is 0 Å². The van der Waals surface area contributed by atoms with Gasteiger partial charge in [-0.2, -0.15) is 0 Å². The van der Waals surface area contributed by atoms with Gasteiger partial charge in [0.2, 0.25) is 0 Å². The van der Waals surface area contributed by atoms with E-state index in [1.54, 1.807) is 34.0 Å². The van der Waals surface area contributed by atoms with Crippen molar-refractivity contribution in [3.63, 3.8) is 0 Å². The Morgan fingerprint density at radius 2 is 0.898 bits per heavy atom. The first kappa shape index (κ1) is 33.5. The maximum absolute atomic E-state index is 5.26. The molecule has 0 saturated heterocycles. The van der Waals surface area contributed by atoms with E-state index in [0.29, 0.717) is 41.0 Å². The average molecular weight is 811 g/mol. The third-order valence-corrected chi connectivity index (χ3v) is 14.8. The number of rotatable bonds is 6. The standard InChI is InChI=1S/C50H30N6S3/c1-3-13-37-31(10-1)32-11-2-4-14-38(32)50(37)39-26-29(44-51-46(35-12-5-9-28-25-36(28)35)55-47(52-44)41-15-6-22-57-41)18-20-33(39)34-21-19-30(27-40(34)50)45-53-48(42-16-7-23-58-42)56-49(54-45)43-17-8-24-59-43/h1-24,26-28,36H,25H2. The molecule has 2 unspecified atom stereocenters. The SMILES string of the molecule is C1=CC2CC2C(c2nc(-c3ccc4c(c3)C3(c5ccccc5-c5ccccc53)c3cc(-c5nc(-c6cccs6)nc(-c6cccs6)n5)ccc3-4)nc(-c3cccs3)n2)=C1. The number of thiophene rings is 3. The third-order valence-electron chi connectivity index (χ3n) is 12.2. The molecule has 0 radical (unpaired) electrons. The zero-order valence-corrected chi connectivity index (χ0v) is 33.7. The van der Waals surface area contributed by atoms with E-state index in [1.165, 1.54) is 50.1 Å². The van der Waals surface area contributed by atoms with E-state index in [1.807, 2.05) is 12.1 Å². The Morgan fingerprint density at radius 3 is 1.41 bits per heavy atom. The monoisotopic (exact) mass is 810 g/mol. The fourth-order valence-corrected chi connectivity index (χ4v) is 11.5. The minimum absolute atomic E-state index is 0.470. The molecule has 0 bridgehead atoms. The molecule has 1 fully saturated rings. The molecule has 59 heavy (non-hydrogen) atoms. The molecule has 9 aromatic rings. The van der Waals surface area contributed by atoms with E-state index in [9.17, 15) is 0 Å². The number of allylic oxidation sites excluding steroid dienone is 4. The fourth-order valence-electron chi connectivity index (χ4n) is 9.56. The molecular weight excluding hydrogens is 781 g/mol. The molecule has 4 aromatic carbocycles. The van der Waals surface area contributed by atoms with Crippen LogP contribution in [-0.2, 0) is 5.41 Å². The van der Waals surface area contributed by atoms with E-state index in [-0.39, 0.29) is 0 Å². The lowest BCUT2D eigenvalue weighted by molar-refractivity contribution is 0.794. The Morgan fingerprint density at radius 1 is 0.441 bits per heavy atom. The summed E-state index contributed by atoms with van der Waals surface area (Å²) in [4.78, 5) is 33.8. The van der Waals surface area contributed by atoms with Crippen LogP contribution >= 0.6 is 34.0 Å². The van der Waals surface area contributed by atoms with Crippen molar-refractivity contribution in [1.29, 1.82) is 0 Å². The molecule has 5 aromatic heterocycles. The summed E-state index contributed by atoms with van der Waals surface area (Å²) in [6.45, 7) is 0. The van der Waals surface area contributed by atoms with E-state index < -0.39 is 5.41 Å². The van der Waals surface area contributed by atoms with Crippen LogP contribution in [0, 0.1) is 11.8 Å².